The summed E-state index contributed by atoms with van der Waals surface area (Å²) in [6.45, 7) is 3.15. The molecule has 0 spiro atoms. The van der Waals surface area contributed by atoms with Crippen LogP contribution in [0.2, 0.25) is 0 Å². The summed E-state index contributed by atoms with van der Waals surface area (Å²) in [5, 5.41) is 18.1. The first-order valence-corrected chi connectivity index (χ1v) is 8.08. The van der Waals surface area contributed by atoms with Crippen LogP contribution in [0.3, 0.4) is 0 Å². The molecule has 0 aromatic carbocycles. The van der Waals surface area contributed by atoms with E-state index in [1.165, 1.54) is 0 Å². The largest absolute Gasteiger partial charge is 0.390 e. The van der Waals surface area contributed by atoms with Crippen molar-refractivity contribution in [1.29, 1.82) is 0 Å². The third-order valence-corrected chi connectivity index (χ3v) is 4.22. The molecule has 0 radical (unpaired) electrons. The van der Waals surface area contributed by atoms with Crippen LogP contribution in [0.4, 0.5) is 0 Å². The Hall–Kier alpha value is -1.77. The van der Waals surface area contributed by atoms with Gasteiger partial charge in [0, 0.05) is 37.9 Å². The summed E-state index contributed by atoms with van der Waals surface area (Å²) in [4.78, 5) is 6.51. The second-order valence-corrected chi connectivity index (χ2v) is 6.35. The fourth-order valence-electron chi connectivity index (χ4n) is 2.78. The van der Waals surface area contributed by atoms with Crippen molar-refractivity contribution in [2.75, 3.05) is 19.6 Å². The standard InChI is InChI=1S/C15H21N5O3/c21-12(7-20-5-1-4-16-20)6-19-8-13(9-19)22-10-14-17-15(18-23-14)11-2-3-11/h1,4-5,11-13,21H,2-3,6-10H2. The summed E-state index contributed by atoms with van der Waals surface area (Å²) in [6, 6.07) is 1.85. The van der Waals surface area contributed by atoms with Gasteiger partial charge < -0.3 is 14.4 Å². The highest BCUT2D eigenvalue weighted by Gasteiger charge is 2.31. The minimum Gasteiger partial charge on any atom is -0.390 e. The maximum Gasteiger partial charge on any atom is 0.252 e. The van der Waals surface area contributed by atoms with E-state index in [2.05, 4.69) is 20.1 Å². The van der Waals surface area contributed by atoms with Crippen molar-refractivity contribution in [3.63, 3.8) is 0 Å². The van der Waals surface area contributed by atoms with Gasteiger partial charge in [0.2, 0.25) is 0 Å². The zero-order chi connectivity index (χ0) is 15.6. The molecule has 1 unspecified atom stereocenters. The summed E-state index contributed by atoms with van der Waals surface area (Å²) in [5.41, 5.74) is 0. The lowest BCUT2D eigenvalue weighted by molar-refractivity contribution is -0.0808. The normalized spacial score (nSPS) is 20.6. The van der Waals surface area contributed by atoms with Crippen LogP contribution < -0.4 is 0 Å². The van der Waals surface area contributed by atoms with Gasteiger partial charge in [0.05, 0.1) is 18.8 Å². The number of hydrogen-bond donors (Lipinski definition) is 1. The number of likely N-dealkylation sites (tertiary alicyclic amines) is 1. The molecule has 1 N–H and O–H groups in total. The van der Waals surface area contributed by atoms with Crippen molar-refractivity contribution in [1.82, 2.24) is 24.8 Å². The Bertz CT molecular complexity index is 619. The lowest BCUT2D eigenvalue weighted by Gasteiger charge is -2.39. The molecule has 2 aliphatic rings. The van der Waals surface area contributed by atoms with Crippen LogP contribution in [0.5, 0.6) is 0 Å². The van der Waals surface area contributed by atoms with E-state index in [4.69, 9.17) is 9.26 Å². The lowest BCUT2D eigenvalue weighted by atomic mass is 10.1. The Kier molecular flexibility index (Phi) is 4.11. The summed E-state index contributed by atoms with van der Waals surface area (Å²) in [5.74, 6) is 1.88. The van der Waals surface area contributed by atoms with E-state index in [0.717, 1.165) is 31.8 Å². The highest BCUT2D eigenvalue weighted by molar-refractivity contribution is 5.03. The van der Waals surface area contributed by atoms with Gasteiger partial charge in [0.25, 0.3) is 5.89 Å². The molecule has 23 heavy (non-hydrogen) atoms. The van der Waals surface area contributed by atoms with Crippen molar-refractivity contribution >= 4 is 0 Å². The zero-order valence-electron chi connectivity index (χ0n) is 12.9. The molecule has 1 saturated heterocycles. The van der Waals surface area contributed by atoms with Gasteiger partial charge in [-0.25, -0.2) is 0 Å². The fraction of sp³-hybridized carbons (Fsp3) is 0.667. The second-order valence-electron chi connectivity index (χ2n) is 6.35. The van der Waals surface area contributed by atoms with E-state index in [9.17, 15) is 5.11 Å². The number of nitrogens with zero attached hydrogens (tertiary/aromatic N) is 5. The molecular weight excluding hydrogens is 298 g/mol. The summed E-state index contributed by atoms with van der Waals surface area (Å²) >= 11 is 0. The van der Waals surface area contributed by atoms with Gasteiger partial charge in [-0.05, 0) is 18.9 Å². The molecule has 0 amide bonds. The Labute approximate surface area is 134 Å². The molecule has 1 saturated carbocycles. The van der Waals surface area contributed by atoms with Crippen molar-refractivity contribution in [3.05, 3.63) is 30.2 Å². The molecule has 0 bridgehead atoms. The van der Waals surface area contributed by atoms with Crippen LogP contribution in [0.15, 0.2) is 23.0 Å². The highest BCUT2D eigenvalue weighted by atomic mass is 16.5. The van der Waals surface area contributed by atoms with Crippen molar-refractivity contribution in [3.8, 4) is 0 Å². The number of aliphatic hydroxyl groups excluding tert-OH is 1. The number of β-amino-alcohol motifs (C(OH)–C–C–N with tert-alkyl or cyclic N) is 1. The highest BCUT2D eigenvalue weighted by Crippen LogP contribution is 2.38. The number of hydrogen-bond acceptors (Lipinski definition) is 7. The van der Waals surface area contributed by atoms with Gasteiger partial charge in [0.1, 0.15) is 6.61 Å². The SMILES string of the molecule is OC(CN1CC(OCc2nc(C3CC3)no2)C1)Cn1cccn1. The quantitative estimate of drug-likeness (QED) is 0.753. The van der Waals surface area contributed by atoms with Crippen LogP contribution >= 0.6 is 0 Å². The smallest absolute Gasteiger partial charge is 0.252 e. The van der Waals surface area contributed by atoms with Crippen molar-refractivity contribution in [2.24, 2.45) is 0 Å². The second kappa shape index (κ2) is 6.38. The number of rotatable bonds is 8. The van der Waals surface area contributed by atoms with Crippen LogP contribution in [0.1, 0.15) is 30.5 Å². The van der Waals surface area contributed by atoms with E-state index in [-0.39, 0.29) is 6.10 Å². The zero-order valence-corrected chi connectivity index (χ0v) is 12.9. The van der Waals surface area contributed by atoms with Crippen LogP contribution in [0, 0.1) is 0 Å². The molecule has 124 valence electrons. The van der Waals surface area contributed by atoms with Gasteiger partial charge in [-0.1, -0.05) is 5.16 Å². The molecule has 1 atom stereocenters. The topological polar surface area (TPSA) is 89.4 Å². The Morgan fingerprint density at radius 3 is 2.96 bits per heavy atom. The summed E-state index contributed by atoms with van der Waals surface area (Å²) < 4.78 is 12.7. The van der Waals surface area contributed by atoms with Gasteiger partial charge in [-0.2, -0.15) is 10.1 Å². The van der Waals surface area contributed by atoms with Crippen molar-refractivity contribution < 1.29 is 14.4 Å². The van der Waals surface area contributed by atoms with Gasteiger partial charge in [-0.15, -0.1) is 0 Å². The average Bonchev–Trinajstić information content (AvgIpc) is 3.02. The minimum atomic E-state index is -0.423. The Balaban J connectivity index is 1.14. The Morgan fingerprint density at radius 1 is 1.35 bits per heavy atom. The molecule has 1 aliphatic heterocycles. The monoisotopic (exact) mass is 319 g/mol. The van der Waals surface area contributed by atoms with Crippen molar-refractivity contribution in [2.45, 2.75) is 44.1 Å². The van der Waals surface area contributed by atoms with E-state index in [0.29, 0.717) is 31.5 Å². The van der Waals surface area contributed by atoms with Crippen LogP contribution in [-0.4, -0.2) is 61.8 Å². The van der Waals surface area contributed by atoms with Crippen LogP contribution in [-0.2, 0) is 17.9 Å². The molecule has 2 fully saturated rings. The average molecular weight is 319 g/mol. The summed E-state index contributed by atoms with van der Waals surface area (Å²) in [6.07, 6.45) is 5.64. The Morgan fingerprint density at radius 2 is 2.22 bits per heavy atom. The predicted molar refractivity (Wildman–Crippen MR) is 79.5 cm³/mol. The first-order chi connectivity index (χ1) is 11.3. The van der Waals surface area contributed by atoms with E-state index < -0.39 is 6.10 Å². The molecule has 3 heterocycles. The van der Waals surface area contributed by atoms with Crippen LogP contribution in [0.25, 0.3) is 0 Å². The molecular formula is C15H21N5O3. The lowest BCUT2D eigenvalue weighted by Crippen LogP contribution is -2.54. The maximum atomic E-state index is 10.0. The number of ether oxygens (including phenoxy) is 1. The molecule has 8 heteroatoms. The van der Waals surface area contributed by atoms with E-state index >= 15 is 0 Å². The van der Waals surface area contributed by atoms with Gasteiger partial charge in [-0.3, -0.25) is 9.58 Å². The molecule has 1 aliphatic carbocycles. The van der Waals surface area contributed by atoms with E-state index in [1.807, 2.05) is 12.3 Å². The van der Waals surface area contributed by atoms with Gasteiger partial charge in [0.15, 0.2) is 5.82 Å². The first kappa shape index (κ1) is 14.8. The fourth-order valence-corrected chi connectivity index (χ4v) is 2.78. The molecule has 2 aromatic heterocycles. The van der Waals surface area contributed by atoms with Gasteiger partial charge >= 0.3 is 0 Å². The number of aromatic nitrogens is 4. The molecule has 4 rings (SSSR count). The molecule has 2 aromatic rings. The third-order valence-electron chi connectivity index (χ3n) is 4.22. The van der Waals surface area contributed by atoms with E-state index in [1.54, 1.807) is 10.9 Å². The third kappa shape index (κ3) is 3.77. The molecule has 8 nitrogen and oxygen atoms in total. The maximum absolute atomic E-state index is 10.0. The first-order valence-electron chi connectivity index (χ1n) is 8.08. The predicted octanol–water partition coefficient (Wildman–Crippen LogP) is 0.405. The minimum absolute atomic E-state index is 0.170. The summed E-state index contributed by atoms with van der Waals surface area (Å²) in [7, 11) is 0. The number of aliphatic hydroxyl groups is 1.